The molecule has 0 aromatic heterocycles. The highest BCUT2D eigenvalue weighted by Crippen LogP contribution is 2.20. The van der Waals surface area contributed by atoms with Crippen LogP contribution in [-0.4, -0.2) is 60.7 Å². The molecule has 1 atom stereocenters. The van der Waals surface area contributed by atoms with Crippen LogP contribution >= 0.6 is 0 Å². The summed E-state index contributed by atoms with van der Waals surface area (Å²) in [5.41, 5.74) is -1.20. The van der Waals surface area contributed by atoms with Crippen molar-refractivity contribution < 1.29 is 4.79 Å². The summed E-state index contributed by atoms with van der Waals surface area (Å²) < 4.78 is 0. The molecule has 6 nitrogen and oxygen atoms in total. The van der Waals surface area contributed by atoms with Gasteiger partial charge in [-0.15, -0.1) is 0 Å². The van der Waals surface area contributed by atoms with Crippen molar-refractivity contribution >= 4 is 12.5 Å². The topological polar surface area (TPSA) is 71.7 Å². The van der Waals surface area contributed by atoms with Crippen molar-refractivity contribution in [2.24, 2.45) is 4.99 Å². The van der Waals surface area contributed by atoms with Crippen molar-refractivity contribution in [3.8, 4) is 6.07 Å². The summed E-state index contributed by atoms with van der Waals surface area (Å²) >= 11 is 0. The van der Waals surface area contributed by atoms with Crippen LogP contribution < -0.4 is 5.32 Å². The van der Waals surface area contributed by atoms with Crippen LogP contribution in [0.5, 0.6) is 0 Å². The molecule has 2 aliphatic heterocycles. The van der Waals surface area contributed by atoms with E-state index in [0.717, 1.165) is 19.4 Å². The maximum Gasteiger partial charge on any atom is 0.240 e. The number of carbonyl (C=O) groups excluding carboxylic acids is 1. The minimum Gasteiger partial charge on any atom is -0.335 e. The average Bonchev–Trinajstić information content (AvgIpc) is 2.43. The second kappa shape index (κ2) is 5.08. The Labute approximate surface area is 100 Å². The summed E-state index contributed by atoms with van der Waals surface area (Å²) in [7, 11) is 0. The number of nitrogens with one attached hydrogen (secondary N) is 1. The fourth-order valence-corrected chi connectivity index (χ4v) is 2.12. The van der Waals surface area contributed by atoms with Gasteiger partial charge in [0.25, 0.3) is 0 Å². The zero-order valence-electron chi connectivity index (χ0n) is 9.54. The van der Waals surface area contributed by atoms with Crippen molar-refractivity contribution in [3.05, 3.63) is 12.4 Å². The molecule has 90 valence electrons. The third kappa shape index (κ3) is 2.07. The first-order valence-corrected chi connectivity index (χ1v) is 5.62. The molecule has 0 spiro atoms. The molecule has 0 radical (unpaired) electrons. The zero-order chi connectivity index (χ0) is 12.1. The predicted molar refractivity (Wildman–Crippen MR) is 63.2 cm³/mol. The summed E-state index contributed by atoms with van der Waals surface area (Å²) in [5.74, 6) is 0. The van der Waals surface area contributed by atoms with Gasteiger partial charge in [0.2, 0.25) is 5.66 Å². The van der Waals surface area contributed by atoms with Gasteiger partial charge in [-0.2, -0.15) is 5.26 Å². The molecule has 0 aromatic rings. The molecule has 0 aliphatic carbocycles. The Morgan fingerprint density at radius 1 is 1.47 bits per heavy atom. The van der Waals surface area contributed by atoms with Gasteiger partial charge in [-0.3, -0.25) is 14.7 Å². The second-order valence-electron chi connectivity index (χ2n) is 3.97. The number of aldehydes is 1. The van der Waals surface area contributed by atoms with Crippen LogP contribution in [0.4, 0.5) is 0 Å². The van der Waals surface area contributed by atoms with Crippen LogP contribution in [0.1, 0.15) is 0 Å². The quantitative estimate of drug-likeness (QED) is 0.644. The maximum atomic E-state index is 11.5. The average molecular weight is 233 g/mol. The Hall–Kier alpha value is -1.71. The van der Waals surface area contributed by atoms with Crippen molar-refractivity contribution in [1.29, 1.82) is 5.26 Å². The molecule has 6 heteroatoms. The summed E-state index contributed by atoms with van der Waals surface area (Å²) in [5, 5.41) is 12.6. The van der Waals surface area contributed by atoms with E-state index in [1.807, 2.05) is 4.90 Å². The second-order valence-corrected chi connectivity index (χ2v) is 3.97. The van der Waals surface area contributed by atoms with Gasteiger partial charge in [0.1, 0.15) is 6.07 Å². The lowest BCUT2D eigenvalue weighted by molar-refractivity contribution is -0.123. The number of carbonyl (C=O) groups is 1. The Morgan fingerprint density at radius 3 is 2.76 bits per heavy atom. The number of hydrogen-bond donors (Lipinski definition) is 1. The van der Waals surface area contributed by atoms with Crippen LogP contribution in [0.25, 0.3) is 0 Å². The minimum atomic E-state index is -1.20. The molecule has 1 fully saturated rings. The SMILES string of the molecule is N#CC(C=O)(N1C=CN=CC1)N1CCNCC1. The van der Waals surface area contributed by atoms with Crippen LogP contribution in [0.3, 0.4) is 0 Å². The predicted octanol–water partition coefficient (Wildman–Crippen LogP) is -0.832. The molecule has 0 bridgehead atoms. The van der Waals surface area contributed by atoms with Crippen LogP contribution in [0.15, 0.2) is 17.4 Å². The van der Waals surface area contributed by atoms with E-state index >= 15 is 0 Å². The number of nitriles is 1. The lowest BCUT2D eigenvalue weighted by atomic mass is 10.1. The zero-order valence-corrected chi connectivity index (χ0v) is 9.54. The molecule has 0 saturated carbocycles. The van der Waals surface area contributed by atoms with Gasteiger partial charge < -0.3 is 10.2 Å². The summed E-state index contributed by atoms with van der Waals surface area (Å²) in [6.45, 7) is 3.44. The smallest absolute Gasteiger partial charge is 0.240 e. The number of hydrogen-bond acceptors (Lipinski definition) is 6. The van der Waals surface area contributed by atoms with Crippen molar-refractivity contribution in [2.45, 2.75) is 5.66 Å². The Kier molecular flexibility index (Phi) is 3.52. The van der Waals surface area contributed by atoms with E-state index in [-0.39, 0.29) is 0 Å². The van der Waals surface area contributed by atoms with Gasteiger partial charge in [-0.25, -0.2) is 0 Å². The fourth-order valence-electron chi connectivity index (χ4n) is 2.12. The molecular formula is C11H15N5O. The Bertz CT molecular complexity index is 380. The molecule has 1 unspecified atom stereocenters. The van der Waals surface area contributed by atoms with E-state index < -0.39 is 5.66 Å². The molecular weight excluding hydrogens is 218 g/mol. The van der Waals surface area contributed by atoms with E-state index in [9.17, 15) is 10.1 Å². The fraction of sp³-hybridized carbons (Fsp3) is 0.545. The Morgan fingerprint density at radius 2 is 2.24 bits per heavy atom. The maximum absolute atomic E-state index is 11.5. The molecule has 1 saturated heterocycles. The highest BCUT2D eigenvalue weighted by Gasteiger charge is 2.42. The number of piperazine rings is 1. The first-order chi connectivity index (χ1) is 8.33. The first-order valence-electron chi connectivity index (χ1n) is 5.62. The molecule has 0 aromatic carbocycles. The molecule has 1 N–H and O–H groups in total. The van der Waals surface area contributed by atoms with E-state index in [4.69, 9.17) is 0 Å². The van der Waals surface area contributed by atoms with Gasteiger partial charge in [0.05, 0.1) is 6.54 Å². The first kappa shape index (κ1) is 11.8. The number of nitrogens with zero attached hydrogens (tertiary/aromatic N) is 4. The molecule has 2 aliphatic rings. The summed E-state index contributed by atoms with van der Waals surface area (Å²) in [4.78, 5) is 19.0. The largest absolute Gasteiger partial charge is 0.335 e. The lowest BCUT2D eigenvalue weighted by Crippen LogP contribution is -2.64. The standard InChI is InChI=1S/C11H15N5O/c12-9-11(10-17,15-5-1-13-2-6-15)16-7-3-14-4-8-16/h1-2,5,10,14H,3-4,6-8H2. The molecule has 17 heavy (non-hydrogen) atoms. The van der Waals surface area contributed by atoms with Crippen molar-refractivity contribution in [3.63, 3.8) is 0 Å². The van der Waals surface area contributed by atoms with Crippen molar-refractivity contribution in [1.82, 2.24) is 15.1 Å². The van der Waals surface area contributed by atoms with Gasteiger partial charge >= 0.3 is 0 Å². The van der Waals surface area contributed by atoms with Gasteiger partial charge in [-0.05, 0) is 0 Å². The minimum absolute atomic E-state index is 0.479. The van der Waals surface area contributed by atoms with E-state index in [1.54, 1.807) is 23.5 Å². The van der Waals surface area contributed by atoms with Gasteiger partial charge in [0.15, 0.2) is 6.29 Å². The highest BCUT2D eigenvalue weighted by molar-refractivity contribution is 5.71. The molecule has 0 amide bonds. The highest BCUT2D eigenvalue weighted by atomic mass is 16.1. The van der Waals surface area contributed by atoms with Crippen LogP contribution in [0, 0.1) is 11.3 Å². The van der Waals surface area contributed by atoms with Gasteiger partial charge in [-0.1, -0.05) is 0 Å². The summed E-state index contributed by atoms with van der Waals surface area (Å²) in [6, 6.07) is 2.15. The van der Waals surface area contributed by atoms with E-state index in [0.29, 0.717) is 19.6 Å². The van der Waals surface area contributed by atoms with Crippen molar-refractivity contribution in [2.75, 3.05) is 32.7 Å². The van der Waals surface area contributed by atoms with E-state index in [1.165, 1.54) is 0 Å². The number of rotatable bonds is 3. The molecule has 2 heterocycles. The Balaban J connectivity index is 2.24. The summed E-state index contributed by atoms with van der Waals surface area (Å²) in [6.07, 6.45) is 5.71. The third-order valence-corrected chi connectivity index (χ3v) is 3.08. The van der Waals surface area contributed by atoms with Crippen LogP contribution in [-0.2, 0) is 4.79 Å². The monoisotopic (exact) mass is 233 g/mol. The van der Waals surface area contributed by atoms with E-state index in [2.05, 4.69) is 16.4 Å². The number of aliphatic imine (C=N–C) groups is 1. The lowest BCUT2D eigenvalue weighted by Gasteiger charge is -2.43. The normalized spacial score (nSPS) is 24.1. The van der Waals surface area contributed by atoms with Gasteiger partial charge in [0, 0.05) is 44.8 Å². The third-order valence-electron chi connectivity index (χ3n) is 3.08. The molecule has 2 rings (SSSR count). The van der Waals surface area contributed by atoms with Crippen LogP contribution in [0.2, 0.25) is 0 Å².